The largest absolute Gasteiger partial charge is 0.494 e. The van der Waals surface area contributed by atoms with Crippen LogP contribution in [0.4, 0.5) is 11.4 Å². The number of carbonyl (C=O) groups excluding carboxylic acids is 1. The molecule has 3 N–H and O–H groups in total. The highest BCUT2D eigenvalue weighted by Gasteiger charge is 2.22. The lowest BCUT2D eigenvalue weighted by molar-refractivity contribution is -0.384. The number of aromatic nitrogens is 3. The summed E-state index contributed by atoms with van der Waals surface area (Å²) in [5, 5.41) is 22.5. The molecule has 0 aliphatic rings. The standard InChI is InChI=1S/C18H18N6O4/c1-28-16-8-13(18(19)25)7-15(24(26)27)17(16)20-9-14-11-23(22-21-14)10-12-5-3-2-4-6-12/h2-8,11,20H,9-10H2,1H3,(H2,19,25). The highest BCUT2D eigenvalue weighted by molar-refractivity contribution is 5.95. The number of hydrogen-bond acceptors (Lipinski definition) is 7. The predicted molar refractivity (Wildman–Crippen MR) is 101 cm³/mol. The van der Waals surface area contributed by atoms with Crippen LogP contribution in [0, 0.1) is 10.1 Å². The SMILES string of the molecule is COc1cc(C(N)=O)cc([N+](=O)[O-])c1NCc1cn(Cc2ccccc2)nn1. The van der Waals surface area contributed by atoms with Crippen LogP contribution in [0.25, 0.3) is 0 Å². The van der Waals surface area contributed by atoms with Gasteiger partial charge in [0.05, 0.1) is 31.3 Å². The molecule has 0 atom stereocenters. The molecule has 28 heavy (non-hydrogen) atoms. The van der Waals surface area contributed by atoms with E-state index in [1.165, 1.54) is 13.2 Å². The first-order valence-corrected chi connectivity index (χ1v) is 8.31. The average molecular weight is 382 g/mol. The van der Waals surface area contributed by atoms with Crippen molar-refractivity contribution in [1.29, 1.82) is 0 Å². The van der Waals surface area contributed by atoms with Gasteiger partial charge < -0.3 is 15.8 Å². The predicted octanol–water partition coefficient (Wildman–Crippen LogP) is 1.95. The zero-order valence-electron chi connectivity index (χ0n) is 15.0. The van der Waals surface area contributed by atoms with E-state index in [0.29, 0.717) is 12.2 Å². The molecule has 1 heterocycles. The second-order valence-corrected chi connectivity index (χ2v) is 5.94. The highest BCUT2D eigenvalue weighted by atomic mass is 16.6. The van der Waals surface area contributed by atoms with Gasteiger partial charge in [-0.2, -0.15) is 0 Å². The lowest BCUT2D eigenvalue weighted by Crippen LogP contribution is -2.13. The first-order valence-electron chi connectivity index (χ1n) is 8.31. The molecule has 1 amide bonds. The van der Waals surface area contributed by atoms with E-state index in [4.69, 9.17) is 10.5 Å². The summed E-state index contributed by atoms with van der Waals surface area (Å²) in [6, 6.07) is 12.2. The number of nitrogens with two attached hydrogens (primary N) is 1. The molecule has 0 saturated heterocycles. The molecule has 3 rings (SSSR count). The minimum Gasteiger partial charge on any atom is -0.494 e. The van der Waals surface area contributed by atoms with Crippen molar-refractivity contribution in [3.63, 3.8) is 0 Å². The van der Waals surface area contributed by atoms with Crippen LogP contribution in [0.1, 0.15) is 21.6 Å². The van der Waals surface area contributed by atoms with E-state index < -0.39 is 10.8 Å². The Balaban J connectivity index is 1.79. The molecule has 10 nitrogen and oxygen atoms in total. The number of primary amides is 1. The van der Waals surface area contributed by atoms with Crippen LogP contribution in [0.15, 0.2) is 48.7 Å². The normalized spacial score (nSPS) is 10.5. The van der Waals surface area contributed by atoms with Crippen molar-refractivity contribution in [2.24, 2.45) is 5.73 Å². The Morgan fingerprint density at radius 1 is 1.32 bits per heavy atom. The quantitative estimate of drug-likeness (QED) is 0.448. The third-order valence-electron chi connectivity index (χ3n) is 4.00. The van der Waals surface area contributed by atoms with Crippen molar-refractivity contribution in [2.45, 2.75) is 13.1 Å². The summed E-state index contributed by atoms with van der Waals surface area (Å²) >= 11 is 0. The number of rotatable bonds is 8. The lowest BCUT2D eigenvalue weighted by atomic mass is 10.1. The summed E-state index contributed by atoms with van der Waals surface area (Å²) in [6.07, 6.45) is 1.75. The smallest absolute Gasteiger partial charge is 0.296 e. The Morgan fingerprint density at radius 3 is 2.71 bits per heavy atom. The Labute approximate surface area is 160 Å². The minimum atomic E-state index is -0.781. The number of nitrogens with zero attached hydrogens (tertiary/aromatic N) is 4. The van der Waals surface area contributed by atoms with Crippen molar-refractivity contribution in [1.82, 2.24) is 15.0 Å². The Kier molecular flexibility index (Phi) is 5.49. The Hall–Kier alpha value is -3.95. The summed E-state index contributed by atoms with van der Waals surface area (Å²) in [6.45, 7) is 0.743. The second-order valence-electron chi connectivity index (χ2n) is 5.94. The van der Waals surface area contributed by atoms with Crippen molar-refractivity contribution in [3.05, 3.63) is 75.6 Å². The Morgan fingerprint density at radius 2 is 2.07 bits per heavy atom. The summed E-state index contributed by atoms with van der Waals surface area (Å²) < 4.78 is 6.86. The molecule has 0 fully saturated rings. The fourth-order valence-electron chi connectivity index (χ4n) is 2.67. The van der Waals surface area contributed by atoms with Crippen LogP contribution in [-0.4, -0.2) is 32.9 Å². The van der Waals surface area contributed by atoms with Gasteiger partial charge in [0, 0.05) is 11.6 Å². The maximum atomic E-state index is 11.4. The van der Waals surface area contributed by atoms with Crippen molar-refractivity contribution in [2.75, 3.05) is 12.4 Å². The van der Waals surface area contributed by atoms with Gasteiger partial charge in [0.1, 0.15) is 11.4 Å². The molecule has 2 aromatic carbocycles. The highest BCUT2D eigenvalue weighted by Crippen LogP contribution is 2.36. The number of carbonyl (C=O) groups is 1. The van der Waals surface area contributed by atoms with Crippen LogP contribution in [0.3, 0.4) is 0 Å². The van der Waals surface area contributed by atoms with Gasteiger partial charge in [-0.25, -0.2) is 4.68 Å². The number of methoxy groups -OCH3 is 1. The molecule has 0 aliphatic heterocycles. The lowest BCUT2D eigenvalue weighted by Gasteiger charge is -2.11. The zero-order chi connectivity index (χ0) is 20.1. The molecule has 144 valence electrons. The molecule has 10 heteroatoms. The summed E-state index contributed by atoms with van der Waals surface area (Å²) in [4.78, 5) is 22.2. The topological polar surface area (TPSA) is 138 Å². The monoisotopic (exact) mass is 382 g/mol. The molecular formula is C18H18N6O4. The van der Waals surface area contributed by atoms with Crippen molar-refractivity contribution < 1.29 is 14.5 Å². The van der Waals surface area contributed by atoms with Gasteiger partial charge in [-0.3, -0.25) is 14.9 Å². The van der Waals surface area contributed by atoms with Crippen molar-refractivity contribution >= 4 is 17.3 Å². The van der Waals surface area contributed by atoms with Crippen LogP contribution in [0.2, 0.25) is 0 Å². The van der Waals surface area contributed by atoms with E-state index in [2.05, 4.69) is 15.6 Å². The first-order chi connectivity index (χ1) is 13.5. The maximum absolute atomic E-state index is 11.4. The number of hydrogen-bond donors (Lipinski definition) is 2. The summed E-state index contributed by atoms with van der Waals surface area (Å²) in [5.41, 5.74) is 6.70. The van der Waals surface area contributed by atoms with Gasteiger partial charge >= 0.3 is 0 Å². The van der Waals surface area contributed by atoms with Crippen LogP contribution < -0.4 is 15.8 Å². The van der Waals surface area contributed by atoms with E-state index in [1.54, 1.807) is 10.9 Å². The van der Waals surface area contributed by atoms with Gasteiger partial charge in [0.25, 0.3) is 5.69 Å². The molecule has 0 aliphatic carbocycles. The molecule has 0 saturated carbocycles. The van der Waals surface area contributed by atoms with Gasteiger partial charge in [0.15, 0.2) is 5.69 Å². The second kappa shape index (κ2) is 8.16. The average Bonchev–Trinajstić information content (AvgIpc) is 3.13. The van der Waals surface area contributed by atoms with E-state index in [-0.39, 0.29) is 29.2 Å². The summed E-state index contributed by atoms with van der Waals surface area (Å²) in [5.74, 6) is -0.642. The fraction of sp³-hybridized carbons (Fsp3) is 0.167. The molecule has 0 unspecified atom stereocenters. The van der Waals surface area contributed by atoms with E-state index >= 15 is 0 Å². The number of amides is 1. The third kappa shape index (κ3) is 4.23. The van der Waals surface area contributed by atoms with Gasteiger partial charge in [-0.15, -0.1) is 5.10 Å². The maximum Gasteiger partial charge on any atom is 0.296 e. The van der Waals surface area contributed by atoms with E-state index in [1.807, 2.05) is 30.3 Å². The van der Waals surface area contributed by atoms with Crippen LogP contribution >= 0.6 is 0 Å². The van der Waals surface area contributed by atoms with E-state index in [0.717, 1.165) is 11.6 Å². The molecule has 3 aromatic rings. The van der Waals surface area contributed by atoms with Crippen LogP contribution in [0.5, 0.6) is 5.75 Å². The fourth-order valence-corrected chi connectivity index (χ4v) is 2.67. The number of nitro benzene ring substituents is 1. The summed E-state index contributed by atoms with van der Waals surface area (Å²) in [7, 11) is 1.35. The minimum absolute atomic E-state index is 0.0112. The first kappa shape index (κ1) is 18.8. The number of nitrogens with one attached hydrogen (secondary N) is 1. The van der Waals surface area contributed by atoms with Crippen molar-refractivity contribution in [3.8, 4) is 5.75 Å². The van der Waals surface area contributed by atoms with Gasteiger partial charge in [-0.1, -0.05) is 35.5 Å². The number of anilines is 1. The number of benzene rings is 2. The third-order valence-corrected chi connectivity index (χ3v) is 4.00. The van der Waals surface area contributed by atoms with E-state index in [9.17, 15) is 14.9 Å². The van der Waals surface area contributed by atoms with Gasteiger partial charge in [-0.05, 0) is 11.6 Å². The zero-order valence-corrected chi connectivity index (χ0v) is 15.0. The van der Waals surface area contributed by atoms with Gasteiger partial charge in [0.2, 0.25) is 5.91 Å². The Bertz CT molecular complexity index is 1000. The number of ether oxygens (including phenoxy) is 1. The number of nitro groups is 1. The molecule has 0 spiro atoms. The molecule has 0 radical (unpaired) electrons. The van der Waals surface area contributed by atoms with Crippen LogP contribution in [-0.2, 0) is 13.1 Å². The molecular weight excluding hydrogens is 364 g/mol. The molecule has 1 aromatic heterocycles. The molecule has 0 bridgehead atoms.